The van der Waals surface area contributed by atoms with Gasteiger partial charge in [0.05, 0.1) is 10.0 Å². The first-order valence-electron chi connectivity index (χ1n) is 5.38. The van der Waals surface area contributed by atoms with Gasteiger partial charge in [-0.2, -0.15) is 0 Å². The summed E-state index contributed by atoms with van der Waals surface area (Å²) in [5.74, 6) is 0. The van der Waals surface area contributed by atoms with Crippen molar-refractivity contribution in [1.29, 1.82) is 0 Å². The van der Waals surface area contributed by atoms with Crippen LogP contribution in [0.2, 0.25) is 10.0 Å². The molecule has 3 heteroatoms. The van der Waals surface area contributed by atoms with Crippen molar-refractivity contribution >= 4 is 23.2 Å². The number of nitrogens with one attached hydrogen (secondary N) is 1. The molecule has 0 amide bonds. The summed E-state index contributed by atoms with van der Waals surface area (Å²) in [4.78, 5) is 0. The van der Waals surface area contributed by atoms with E-state index in [2.05, 4.69) is 19.2 Å². The molecule has 1 rings (SSSR count). The van der Waals surface area contributed by atoms with Crippen LogP contribution in [0.1, 0.15) is 38.3 Å². The largest absolute Gasteiger partial charge is 0.310 e. The summed E-state index contributed by atoms with van der Waals surface area (Å²) in [6, 6.07) is 6.10. The zero-order chi connectivity index (χ0) is 11.3. The standard InChI is InChI=1S/C12H17Cl2N/c1-3-8-15-11(4-2)9-6-5-7-10(13)12(9)14/h5-7,11,15H,3-4,8H2,1-2H3/t11-/m1/s1. The predicted molar refractivity (Wildman–Crippen MR) is 67.8 cm³/mol. The van der Waals surface area contributed by atoms with Gasteiger partial charge in [-0.25, -0.2) is 0 Å². The first-order valence-corrected chi connectivity index (χ1v) is 6.13. The lowest BCUT2D eigenvalue weighted by atomic mass is 10.0. The third kappa shape index (κ3) is 3.37. The lowest BCUT2D eigenvalue weighted by Crippen LogP contribution is -2.21. The third-order valence-electron chi connectivity index (χ3n) is 2.41. The van der Waals surface area contributed by atoms with Crippen LogP contribution < -0.4 is 5.32 Å². The summed E-state index contributed by atoms with van der Waals surface area (Å²) in [6.45, 7) is 5.30. The van der Waals surface area contributed by atoms with E-state index in [1.165, 1.54) is 0 Å². The minimum Gasteiger partial charge on any atom is -0.310 e. The second-order valence-electron chi connectivity index (χ2n) is 3.56. The molecule has 0 radical (unpaired) electrons. The van der Waals surface area contributed by atoms with Crippen molar-refractivity contribution in [2.45, 2.75) is 32.7 Å². The molecule has 1 nitrogen and oxygen atoms in total. The van der Waals surface area contributed by atoms with Gasteiger partial charge < -0.3 is 5.32 Å². The lowest BCUT2D eigenvalue weighted by molar-refractivity contribution is 0.518. The van der Waals surface area contributed by atoms with Crippen LogP contribution in [0.5, 0.6) is 0 Å². The van der Waals surface area contributed by atoms with E-state index in [4.69, 9.17) is 23.2 Å². The van der Waals surface area contributed by atoms with Crippen molar-refractivity contribution in [1.82, 2.24) is 5.32 Å². The Hall–Kier alpha value is -0.240. The Kier molecular flexibility index (Phi) is 5.44. The molecule has 15 heavy (non-hydrogen) atoms. The number of rotatable bonds is 5. The molecule has 0 spiro atoms. The third-order valence-corrected chi connectivity index (χ3v) is 3.24. The minimum absolute atomic E-state index is 0.302. The maximum absolute atomic E-state index is 6.17. The van der Waals surface area contributed by atoms with Crippen molar-refractivity contribution in [3.63, 3.8) is 0 Å². The maximum atomic E-state index is 6.17. The Labute approximate surface area is 102 Å². The highest BCUT2D eigenvalue weighted by molar-refractivity contribution is 6.42. The molecule has 0 saturated carbocycles. The van der Waals surface area contributed by atoms with Gasteiger partial charge in [0.1, 0.15) is 0 Å². The number of halogens is 2. The van der Waals surface area contributed by atoms with E-state index < -0.39 is 0 Å². The van der Waals surface area contributed by atoms with Crippen LogP contribution in [0.15, 0.2) is 18.2 Å². The van der Waals surface area contributed by atoms with E-state index in [1.807, 2.05) is 18.2 Å². The topological polar surface area (TPSA) is 12.0 Å². The molecule has 0 bridgehead atoms. The number of hydrogen-bond donors (Lipinski definition) is 1. The van der Waals surface area contributed by atoms with Crippen molar-refractivity contribution in [3.05, 3.63) is 33.8 Å². The lowest BCUT2D eigenvalue weighted by Gasteiger charge is -2.18. The van der Waals surface area contributed by atoms with Crippen LogP contribution in [0.25, 0.3) is 0 Å². The summed E-state index contributed by atoms with van der Waals surface area (Å²) < 4.78 is 0. The predicted octanol–water partition coefficient (Wildman–Crippen LogP) is 4.44. The molecule has 0 aromatic heterocycles. The molecule has 1 atom stereocenters. The fourth-order valence-corrected chi connectivity index (χ4v) is 2.02. The normalized spacial score (nSPS) is 12.8. The van der Waals surface area contributed by atoms with E-state index in [0.717, 1.165) is 24.9 Å². The summed E-state index contributed by atoms with van der Waals surface area (Å²) >= 11 is 12.2. The van der Waals surface area contributed by atoms with Gasteiger partial charge in [0, 0.05) is 6.04 Å². The smallest absolute Gasteiger partial charge is 0.0640 e. The van der Waals surface area contributed by atoms with Gasteiger partial charge >= 0.3 is 0 Å². The van der Waals surface area contributed by atoms with E-state index in [0.29, 0.717) is 16.1 Å². The van der Waals surface area contributed by atoms with Crippen molar-refractivity contribution in [2.24, 2.45) is 0 Å². The Morgan fingerprint density at radius 3 is 2.60 bits per heavy atom. The Morgan fingerprint density at radius 2 is 2.00 bits per heavy atom. The summed E-state index contributed by atoms with van der Waals surface area (Å²) in [5, 5.41) is 4.77. The second-order valence-corrected chi connectivity index (χ2v) is 4.34. The average molecular weight is 246 g/mol. The monoisotopic (exact) mass is 245 g/mol. The molecule has 0 unspecified atom stereocenters. The van der Waals surface area contributed by atoms with Crippen LogP contribution in [0.4, 0.5) is 0 Å². The van der Waals surface area contributed by atoms with E-state index in [9.17, 15) is 0 Å². The Morgan fingerprint density at radius 1 is 1.27 bits per heavy atom. The first kappa shape index (κ1) is 12.8. The van der Waals surface area contributed by atoms with Crippen molar-refractivity contribution in [3.8, 4) is 0 Å². The zero-order valence-corrected chi connectivity index (χ0v) is 10.7. The molecule has 0 fully saturated rings. The van der Waals surface area contributed by atoms with Crippen LogP contribution >= 0.6 is 23.2 Å². The Bertz CT molecular complexity index is 312. The van der Waals surface area contributed by atoms with Gasteiger partial charge in [0.25, 0.3) is 0 Å². The molecule has 0 aliphatic heterocycles. The van der Waals surface area contributed by atoms with E-state index in [1.54, 1.807) is 0 Å². The molecular formula is C12H17Cl2N. The minimum atomic E-state index is 0.302. The van der Waals surface area contributed by atoms with Gasteiger partial charge in [-0.3, -0.25) is 0 Å². The van der Waals surface area contributed by atoms with Crippen LogP contribution in [0.3, 0.4) is 0 Å². The fourth-order valence-electron chi connectivity index (χ4n) is 1.58. The van der Waals surface area contributed by atoms with Gasteiger partial charge in [-0.1, -0.05) is 49.2 Å². The van der Waals surface area contributed by atoms with E-state index >= 15 is 0 Å². The highest BCUT2D eigenvalue weighted by Gasteiger charge is 2.13. The van der Waals surface area contributed by atoms with E-state index in [-0.39, 0.29) is 0 Å². The maximum Gasteiger partial charge on any atom is 0.0640 e. The quantitative estimate of drug-likeness (QED) is 0.809. The highest BCUT2D eigenvalue weighted by atomic mass is 35.5. The zero-order valence-electron chi connectivity index (χ0n) is 9.19. The molecule has 84 valence electrons. The molecule has 0 saturated heterocycles. The van der Waals surface area contributed by atoms with Gasteiger partial charge in [0.15, 0.2) is 0 Å². The highest BCUT2D eigenvalue weighted by Crippen LogP contribution is 2.31. The van der Waals surface area contributed by atoms with Gasteiger partial charge in [0.2, 0.25) is 0 Å². The number of benzene rings is 1. The molecule has 1 aromatic rings. The van der Waals surface area contributed by atoms with Crippen LogP contribution in [-0.4, -0.2) is 6.54 Å². The molecule has 0 heterocycles. The average Bonchev–Trinajstić information content (AvgIpc) is 2.25. The molecular weight excluding hydrogens is 229 g/mol. The molecule has 1 aromatic carbocycles. The summed E-state index contributed by atoms with van der Waals surface area (Å²) in [5.41, 5.74) is 1.10. The van der Waals surface area contributed by atoms with Crippen LogP contribution in [-0.2, 0) is 0 Å². The first-order chi connectivity index (χ1) is 7.20. The van der Waals surface area contributed by atoms with Crippen molar-refractivity contribution < 1.29 is 0 Å². The number of hydrogen-bond acceptors (Lipinski definition) is 1. The summed E-state index contributed by atoms with van der Waals surface area (Å²) in [7, 11) is 0. The molecule has 1 N–H and O–H groups in total. The van der Waals surface area contributed by atoms with Crippen molar-refractivity contribution in [2.75, 3.05) is 6.54 Å². The molecule has 0 aliphatic carbocycles. The SMILES string of the molecule is CCCN[C@H](CC)c1cccc(Cl)c1Cl. The van der Waals surface area contributed by atoms with Gasteiger partial charge in [-0.15, -0.1) is 0 Å². The summed E-state index contributed by atoms with van der Waals surface area (Å²) in [6.07, 6.45) is 2.13. The molecule has 0 aliphatic rings. The Balaban J connectivity index is 2.86. The second kappa shape index (κ2) is 6.37. The fraction of sp³-hybridized carbons (Fsp3) is 0.500. The van der Waals surface area contributed by atoms with Crippen LogP contribution in [0, 0.1) is 0 Å². The van der Waals surface area contributed by atoms with Gasteiger partial charge in [-0.05, 0) is 31.0 Å².